The molecule has 3 rings (SSSR count). The van der Waals surface area contributed by atoms with Crippen molar-refractivity contribution in [3.05, 3.63) is 65.7 Å². The number of hydrogen-bond donors (Lipinski definition) is 2. The highest BCUT2D eigenvalue weighted by Gasteiger charge is 2.41. The predicted molar refractivity (Wildman–Crippen MR) is 104 cm³/mol. The van der Waals surface area contributed by atoms with E-state index in [-0.39, 0.29) is 12.0 Å². The van der Waals surface area contributed by atoms with Crippen LogP contribution in [-0.4, -0.2) is 11.8 Å². The highest BCUT2D eigenvalue weighted by Crippen LogP contribution is 2.46. The van der Waals surface area contributed by atoms with Crippen LogP contribution in [0.4, 0.5) is 5.69 Å². The largest absolute Gasteiger partial charge is 0.341 e. The number of hydrogen-bond acceptors (Lipinski definition) is 2. The molecule has 136 valence electrons. The molecule has 2 N–H and O–H groups in total. The summed E-state index contributed by atoms with van der Waals surface area (Å²) in [7, 11) is 0. The van der Waals surface area contributed by atoms with Crippen molar-refractivity contribution in [1.82, 2.24) is 5.32 Å². The maximum absolute atomic E-state index is 12.5. The lowest BCUT2D eigenvalue weighted by Crippen LogP contribution is -2.39. The topological polar surface area (TPSA) is 58.2 Å². The van der Waals surface area contributed by atoms with E-state index in [0.717, 1.165) is 17.5 Å². The minimum Gasteiger partial charge on any atom is -0.341 e. The zero-order valence-electron chi connectivity index (χ0n) is 15.5. The molecule has 3 atom stereocenters. The molecular formula is C22H26N2O2. The molecule has 0 saturated heterocycles. The first-order valence-corrected chi connectivity index (χ1v) is 9.23. The highest BCUT2D eigenvalue weighted by molar-refractivity contribution is 6.39. The van der Waals surface area contributed by atoms with E-state index in [1.807, 2.05) is 54.6 Å². The van der Waals surface area contributed by atoms with Gasteiger partial charge in [-0.05, 0) is 41.4 Å². The third kappa shape index (κ3) is 4.13. The van der Waals surface area contributed by atoms with Crippen LogP contribution in [0.5, 0.6) is 0 Å². The Morgan fingerprint density at radius 1 is 0.962 bits per heavy atom. The summed E-state index contributed by atoms with van der Waals surface area (Å²) in [5.74, 6) is 0.00474. The van der Waals surface area contributed by atoms with Gasteiger partial charge in [-0.1, -0.05) is 69.3 Å². The van der Waals surface area contributed by atoms with E-state index in [0.29, 0.717) is 17.5 Å². The average molecular weight is 350 g/mol. The smallest absolute Gasteiger partial charge is 0.313 e. The van der Waals surface area contributed by atoms with E-state index in [2.05, 4.69) is 31.4 Å². The lowest BCUT2D eigenvalue weighted by atomic mass is 10.0. The quantitative estimate of drug-likeness (QED) is 0.792. The maximum Gasteiger partial charge on any atom is 0.313 e. The lowest BCUT2D eigenvalue weighted by Gasteiger charge is -2.19. The molecule has 1 fully saturated rings. The molecule has 2 aromatic rings. The fraction of sp³-hybridized carbons (Fsp3) is 0.364. The molecule has 4 heteroatoms. The van der Waals surface area contributed by atoms with Crippen molar-refractivity contribution < 1.29 is 9.59 Å². The van der Waals surface area contributed by atoms with Crippen LogP contribution in [0.15, 0.2) is 54.6 Å². The van der Waals surface area contributed by atoms with Gasteiger partial charge in [-0.2, -0.15) is 0 Å². The zero-order chi connectivity index (χ0) is 18.7. The van der Waals surface area contributed by atoms with Crippen LogP contribution < -0.4 is 10.6 Å². The third-order valence-corrected chi connectivity index (χ3v) is 5.08. The van der Waals surface area contributed by atoms with Crippen LogP contribution >= 0.6 is 0 Å². The van der Waals surface area contributed by atoms with Gasteiger partial charge in [0, 0.05) is 5.69 Å². The molecule has 1 aliphatic carbocycles. The molecule has 3 unspecified atom stereocenters. The first-order chi connectivity index (χ1) is 12.5. The Bertz CT molecular complexity index is 786. The van der Waals surface area contributed by atoms with E-state index < -0.39 is 11.8 Å². The van der Waals surface area contributed by atoms with E-state index in [1.54, 1.807) is 0 Å². The molecular weight excluding hydrogens is 324 g/mol. The molecule has 0 aliphatic heterocycles. The molecule has 26 heavy (non-hydrogen) atoms. The standard InChI is InChI=1S/C22H26N2O2/c1-14(2)17-11-7-8-12-19(17)23-21(25)22(26)24-20(18-13-15(18)3)16-9-5-4-6-10-16/h4-12,14-15,18,20H,13H2,1-3H3,(H,23,25)(H,24,26). The number of carbonyl (C=O) groups excluding carboxylic acids is 2. The normalized spacial score (nSPS) is 19.7. The van der Waals surface area contributed by atoms with Crippen LogP contribution in [0.3, 0.4) is 0 Å². The number of benzene rings is 2. The number of nitrogens with one attached hydrogen (secondary N) is 2. The van der Waals surface area contributed by atoms with Crippen molar-refractivity contribution in [2.75, 3.05) is 5.32 Å². The van der Waals surface area contributed by atoms with Gasteiger partial charge in [0.1, 0.15) is 0 Å². The van der Waals surface area contributed by atoms with Gasteiger partial charge < -0.3 is 10.6 Å². The van der Waals surface area contributed by atoms with Gasteiger partial charge in [0.05, 0.1) is 6.04 Å². The predicted octanol–water partition coefficient (Wildman–Crippen LogP) is 4.26. The van der Waals surface area contributed by atoms with E-state index in [9.17, 15) is 9.59 Å². The summed E-state index contributed by atoms with van der Waals surface area (Å²) in [5.41, 5.74) is 2.76. The summed E-state index contributed by atoms with van der Waals surface area (Å²) >= 11 is 0. The van der Waals surface area contributed by atoms with Crippen molar-refractivity contribution in [3.8, 4) is 0 Å². The molecule has 0 aromatic heterocycles. The molecule has 0 radical (unpaired) electrons. The monoisotopic (exact) mass is 350 g/mol. The lowest BCUT2D eigenvalue weighted by molar-refractivity contribution is -0.136. The molecule has 2 amide bonds. The molecule has 1 aliphatic rings. The molecule has 4 nitrogen and oxygen atoms in total. The molecule has 2 aromatic carbocycles. The van der Waals surface area contributed by atoms with Crippen molar-refractivity contribution in [3.63, 3.8) is 0 Å². The summed E-state index contributed by atoms with van der Waals surface area (Å²) in [6.45, 7) is 6.29. The SMILES string of the molecule is CC(C)c1ccccc1NC(=O)C(=O)NC(c1ccccc1)C1CC1C. The third-order valence-electron chi connectivity index (χ3n) is 5.08. The summed E-state index contributed by atoms with van der Waals surface area (Å²) < 4.78 is 0. The number of rotatable bonds is 5. The fourth-order valence-corrected chi connectivity index (χ4v) is 3.41. The Balaban J connectivity index is 1.71. The van der Waals surface area contributed by atoms with Gasteiger partial charge in [-0.25, -0.2) is 0 Å². The second kappa shape index (κ2) is 7.73. The Morgan fingerprint density at radius 3 is 2.19 bits per heavy atom. The molecule has 0 spiro atoms. The molecule has 0 heterocycles. The number of anilines is 1. The van der Waals surface area contributed by atoms with Gasteiger partial charge in [0.2, 0.25) is 0 Å². The van der Waals surface area contributed by atoms with Crippen LogP contribution in [-0.2, 0) is 9.59 Å². The van der Waals surface area contributed by atoms with Crippen LogP contribution in [0.25, 0.3) is 0 Å². The van der Waals surface area contributed by atoms with Gasteiger partial charge in [0.25, 0.3) is 0 Å². The van der Waals surface area contributed by atoms with Gasteiger partial charge in [0.15, 0.2) is 0 Å². The van der Waals surface area contributed by atoms with E-state index in [4.69, 9.17) is 0 Å². The Hall–Kier alpha value is -2.62. The Kier molecular flexibility index (Phi) is 5.40. The van der Waals surface area contributed by atoms with Crippen LogP contribution in [0.1, 0.15) is 50.3 Å². The zero-order valence-corrected chi connectivity index (χ0v) is 15.5. The van der Waals surface area contributed by atoms with Crippen LogP contribution in [0, 0.1) is 11.8 Å². The first-order valence-electron chi connectivity index (χ1n) is 9.23. The second-order valence-electron chi connectivity index (χ2n) is 7.43. The Labute approximate surface area is 155 Å². The number of carbonyl (C=O) groups is 2. The minimum atomic E-state index is -0.618. The molecule has 1 saturated carbocycles. The number of para-hydroxylation sites is 1. The van der Waals surface area contributed by atoms with Crippen molar-refractivity contribution >= 4 is 17.5 Å². The van der Waals surface area contributed by atoms with Crippen LogP contribution in [0.2, 0.25) is 0 Å². The van der Waals surface area contributed by atoms with E-state index >= 15 is 0 Å². The summed E-state index contributed by atoms with van der Waals surface area (Å²) in [6, 6.07) is 17.3. The van der Waals surface area contributed by atoms with E-state index in [1.165, 1.54) is 0 Å². The minimum absolute atomic E-state index is 0.121. The highest BCUT2D eigenvalue weighted by atomic mass is 16.2. The average Bonchev–Trinajstić information content (AvgIpc) is 3.36. The molecule has 0 bridgehead atoms. The summed E-state index contributed by atoms with van der Waals surface area (Å²) in [4.78, 5) is 25.0. The fourth-order valence-electron chi connectivity index (χ4n) is 3.41. The summed E-state index contributed by atoms with van der Waals surface area (Å²) in [5, 5.41) is 5.71. The first kappa shape index (κ1) is 18.2. The number of amides is 2. The van der Waals surface area contributed by atoms with Crippen molar-refractivity contribution in [1.29, 1.82) is 0 Å². The van der Waals surface area contributed by atoms with Gasteiger partial charge in [-0.3, -0.25) is 9.59 Å². The summed E-state index contributed by atoms with van der Waals surface area (Å²) in [6.07, 6.45) is 1.07. The Morgan fingerprint density at radius 2 is 1.58 bits per heavy atom. The van der Waals surface area contributed by atoms with Crippen molar-refractivity contribution in [2.45, 2.75) is 39.2 Å². The second-order valence-corrected chi connectivity index (χ2v) is 7.43. The maximum atomic E-state index is 12.5. The van der Waals surface area contributed by atoms with Gasteiger partial charge >= 0.3 is 11.8 Å². The van der Waals surface area contributed by atoms with Crippen molar-refractivity contribution in [2.24, 2.45) is 11.8 Å². The van der Waals surface area contributed by atoms with Gasteiger partial charge in [-0.15, -0.1) is 0 Å².